The zero-order valence-corrected chi connectivity index (χ0v) is 10.7. The largest absolute Gasteiger partial charge is 0.231 e. The molecule has 2 nitrogen and oxygen atoms in total. The summed E-state index contributed by atoms with van der Waals surface area (Å²) in [4.78, 5) is 0. The monoisotopic (exact) mass is 242 g/mol. The number of aryl methyl sites for hydroxylation is 1. The van der Waals surface area contributed by atoms with Gasteiger partial charge in [-0.2, -0.15) is 0 Å². The molecule has 0 saturated carbocycles. The minimum atomic E-state index is 0.279. The molecule has 3 rings (SSSR count). The van der Waals surface area contributed by atoms with Crippen LogP contribution in [0.5, 0.6) is 0 Å². The maximum atomic E-state index is 4.50. The van der Waals surface area contributed by atoms with Gasteiger partial charge in [-0.1, -0.05) is 42.0 Å². The number of nitrogens with one attached hydrogen (secondary N) is 1. The van der Waals surface area contributed by atoms with Gasteiger partial charge in [0.1, 0.15) is 0 Å². The predicted octanol–water partition coefficient (Wildman–Crippen LogP) is 3.31. The highest BCUT2D eigenvalue weighted by atomic mass is 32.2. The molecule has 0 aromatic heterocycles. The molecule has 1 unspecified atom stereocenters. The van der Waals surface area contributed by atoms with Gasteiger partial charge in [-0.25, -0.2) is 9.12 Å². The second-order valence-corrected chi connectivity index (χ2v) is 5.08. The Bertz CT molecular complexity index is 538. The number of nitrogens with zero attached hydrogens (tertiary/aromatic N) is 1. The molecule has 0 fully saturated rings. The van der Waals surface area contributed by atoms with Crippen LogP contribution < -0.4 is 4.72 Å². The molecule has 1 aromatic carbocycles. The van der Waals surface area contributed by atoms with Crippen LogP contribution in [-0.4, -0.2) is 11.8 Å². The molecule has 86 valence electrons. The lowest BCUT2D eigenvalue weighted by molar-refractivity contribution is 0.939. The molecule has 17 heavy (non-hydrogen) atoms. The molecule has 0 radical (unpaired) electrons. The van der Waals surface area contributed by atoms with Crippen LogP contribution in [0.4, 0.5) is 0 Å². The Morgan fingerprint density at radius 2 is 1.88 bits per heavy atom. The molecule has 1 heterocycles. The summed E-state index contributed by atoms with van der Waals surface area (Å²) in [6.07, 6.45) is 4.35. The molecule has 1 aromatic rings. The molecule has 1 N–H and O–H groups in total. The van der Waals surface area contributed by atoms with Crippen LogP contribution in [0.25, 0.3) is 5.57 Å². The summed E-state index contributed by atoms with van der Waals surface area (Å²) in [5.74, 6) is 0. The van der Waals surface area contributed by atoms with Crippen LogP contribution in [0.1, 0.15) is 18.1 Å². The van der Waals surface area contributed by atoms with Gasteiger partial charge in [-0.15, -0.1) is 0 Å². The Balaban J connectivity index is 2.05. The average molecular weight is 242 g/mol. The van der Waals surface area contributed by atoms with Crippen molar-refractivity contribution in [2.45, 2.75) is 19.9 Å². The Hall–Kier alpha value is -1.32. The Morgan fingerprint density at radius 3 is 2.65 bits per heavy atom. The normalized spacial score (nSPS) is 22.7. The fourth-order valence-electron chi connectivity index (χ4n) is 2.12. The zero-order chi connectivity index (χ0) is 11.8. The van der Waals surface area contributed by atoms with Crippen LogP contribution >= 0.6 is 12.1 Å². The van der Waals surface area contributed by atoms with E-state index in [4.69, 9.17) is 0 Å². The summed E-state index contributed by atoms with van der Waals surface area (Å²) in [5, 5.41) is 0. The van der Waals surface area contributed by atoms with Crippen molar-refractivity contribution in [3.8, 4) is 0 Å². The number of hydrogen-bond donors (Lipinski definition) is 1. The fourth-order valence-corrected chi connectivity index (χ4v) is 2.88. The van der Waals surface area contributed by atoms with E-state index in [1.54, 1.807) is 0 Å². The maximum absolute atomic E-state index is 4.50. The van der Waals surface area contributed by atoms with Crippen molar-refractivity contribution in [2.24, 2.45) is 4.40 Å². The van der Waals surface area contributed by atoms with Crippen LogP contribution in [0, 0.1) is 6.92 Å². The van der Waals surface area contributed by atoms with Crippen molar-refractivity contribution < 1.29 is 0 Å². The van der Waals surface area contributed by atoms with Gasteiger partial charge in [-0.05, 0) is 25.0 Å². The highest BCUT2D eigenvalue weighted by Gasteiger charge is 2.28. The first-order valence-corrected chi connectivity index (χ1v) is 6.48. The summed E-state index contributed by atoms with van der Waals surface area (Å²) < 4.78 is 7.82. The van der Waals surface area contributed by atoms with E-state index in [0.717, 1.165) is 5.71 Å². The zero-order valence-electron chi connectivity index (χ0n) is 9.90. The summed E-state index contributed by atoms with van der Waals surface area (Å²) in [7, 11) is 0. The fraction of sp³-hybridized carbons (Fsp3) is 0.214. The molecular formula is C14H14N2S. The lowest BCUT2D eigenvalue weighted by Gasteiger charge is -2.20. The van der Waals surface area contributed by atoms with Crippen LogP contribution in [-0.2, 0) is 0 Å². The highest BCUT2D eigenvalue weighted by molar-refractivity contribution is 7.96. The Labute approximate surface area is 106 Å². The van der Waals surface area contributed by atoms with Crippen molar-refractivity contribution in [2.75, 3.05) is 0 Å². The quantitative estimate of drug-likeness (QED) is 0.764. The highest BCUT2D eigenvalue weighted by Crippen LogP contribution is 2.31. The Kier molecular flexibility index (Phi) is 2.65. The first kappa shape index (κ1) is 10.8. The van der Waals surface area contributed by atoms with Gasteiger partial charge in [-0.3, -0.25) is 0 Å². The molecule has 3 heteroatoms. The summed E-state index contributed by atoms with van der Waals surface area (Å²) in [6.45, 7) is 4.25. The van der Waals surface area contributed by atoms with Crippen LogP contribution in [0.2, 0.25) is 0 Å². The predicted molar refractivity (Wildman–Crippen MR) is 74.9 cm³/mol. The van der Waals surface area contributed by atoms with E-state index in [9.17, 15) is 0 Å². The van der Waals surface area contributed by atoms with Gasteiger partial charge in [0.2, 0.25) is 0 Å². The van der Waals surface area contributed by atoms with Crippen molar-refractivity contribution in [1.29, 1.82) is 0 Å². The van der Waals surface area contributed by atoms with Gasteiger partial charge in [0.05, 0.1) is 23.9 Å². The number of fused-ring (bicyclic) bond motifs is 1. The van der Waals surface area contributed by atoms with Gasteiger partial charge < -0.3 is 0 Å². The molecule has 1 aliphatic heterocycles. The minimum absolute atomic E-state index is 0.279. The minimum Gasteiger partial charge on any atom is -0.231 e. The number of hydrogen-bond acceptors (Lipinski definition) is 3. The van der Waals surface area contributed by atoms with Crippen LogP contribution in [0.15, 0.2) is 46.4 Å². The van der Waals surface area contributed by atoms with Gasteiger partial charge in [0.15, 0.2) is 0 Å². The SMILES string of the molecule is CC1=CC=C(c2ccc(C)cc2)C2=NSNC12. The first-order valence-electron chi connectivity index (χ1n) is 5.71. The smallest absolute Gasteiger partial charge is 0.0834 e. The van der Waals surface area contributed by atoms with Crippen molar-refractivity contribution in [3.63, 3.8) is 0 Å². The topological polar surface area (TPSA) is 24.4 Å². The van der Waals surface area contributed by atoms with Crippen molar-refractivity contribution in [1.82, 2.24) is 4.72 Å². The third kappa shape index (κ3) is 1.85. The van der Waals surface area contributed by atoms with Gasteiger partial charge >= 0.3 is 0 Å². The van der Waals surface area contributed by atoms with E-state index in [1.807, 2.05) is 0 Å². The Morgan fingerprint density at radius 1 is 1.12 bits per heavy atom. The summed E-state index contributed by atoms with van der Waals surface area (Å²) in [6, 6.07) is 8.90. The second-order valence-electron chi connectivity index (χ2n) is 4.48. The lowest BCUT2D eigenvalue weighted by Crippen LogP contribution is -2.31. The van der Waals surface area contributed by atoms with E-state index >= 15 is 0 Å². The summed E-state index contributed by atoms with van der Waals surface area (Å²) >= 11 is 1.44. The van der Waals surface area contributed by atoms with E-state index in [0.29, 0.717) is 0 Å². The molecule has 0 spiro atoms. The molecule has 1 atom stereocenters. The number of benzene rings is 1. The summed E-state index contributed by atoms with van der Waals surface area (Å²) in [5.41, 5.74) is 6.24. The van der Waals surface area contributed by atoms with E-state index < -0.39 is 0 Å². The van der Waals surface area contributed by atoms with Crippen molar-refractivity contribution in [3.05, 3.63) is 53.1 Å². The first-order chi connectivity index (χ1) is 8.25. The molecule has 2 aliphatic rings. The van der Waals surface area contributed by atoms with Gasteiger partial charge in [0.25, 0.3) is 0 Å². The molecule has 0 bridgehead atoms. The van der Waals surface area contributed by atoms with Crippen LogP contribution in [0.3, 0.4) is 0 Å². The standard InChI is InChI=1S/C14H14N2S/c1-9-3-6-11(7-4-9)12-8-5-10(2)13-14(12)16-17-15-13/h3-8,13,15H,1-2H3. The maximum Gasteiger partial charge on any atom is 0.0834 e. The van der Waals surface area contributed by atoms with Crippen molar-refractivity contribution >= 4 is 23.4 Å². The third-order valence-electron chi connectivity index (χ3n) is 3.19. The van der Waals surface area contributed by atoms with E-state index in [-0.39, 0.29) is 6.04 Å². The molecule has 0 amide bonds. The second kappa shape index (κ2) is 4.17. The molecule has 1 aliphatic carbocycles. The van der Waals surface area contributed by atoms with E-state index in [2.05, 4.69) is 59.4 Å². The molecular weight excluding hydrogens is 228 g/mol. The average Bonchev–Trinajstić information content (AvgIpc) is 2.81. The molecule has 0 saturated heterocycles. The van der Waals surface area contributed by atoms with E-state index in [1.165, 1.54) is 34.4 Å². The lowest BCUT2D eigenvalue weighted by atomic mass is 9.88. The third-order valence-corrected chi connectivity index (χ3v) is 3.82. The number of allylic oxidation sites excluding steroid dienone is 2. The number of rotatable bonds is 1. The van der Waals surface area contributed by atoms with Gasteiger partial charge in [0, 0.05) is 5.57 Å².